The molecule has 4 nitrogen and oxygen atoms in total. The Morgan fingerprint density at radius 1 is 1.23 bits per heavy atom. The molecule has 2 heterocycles. The second-order valence-corrected chi connectivity index (χ2v) is 7.66. The van der Waals surface area contributed by atoms with Gasteiger partial charge in [-0.1, -0.05) is 36.2 Å². The highest BCUT2D eigenvalue weighted by Gasteiger charge is 2.18. The van der Waals surface area contributed by atoms with Crippen LogP contribution in [0, 0.1) is 5.92 Å². The van der Waals surface area contributed by atoms with Gasteiger partial charge in [0.05, 0.1) is 0 Å². The average Bonchev–Trinajstić information content (AvgIpc) is 2.64. The van der Waals surface area contributed by atoms with E-state index in [4.69, 9.17) is 23.2 Å². The molecule has 0 spiro atoms. The van der Waals surface area contributed by atoms with Gasteiger partial charge in [-0.25, -0.2) is 4.98 Å². The summed E-state index contributed by atoms with van der Waals surface area (Å²) in [7, 11) is 0. The maximum atomic E-state index is 12.4. The van der Waals surface area contributed by atoms with Crippen LogP contribution in [-0.2, 0) is 6.42 Å². The van der Waals surface area contributed by atoms with Gasteiger partial charge in [-0.2, -0.15) is 0 Å². The number of nitrogens with one attached hydrogen (secondary N) is 1. The molecular weight excluding hydrogens is 369 g/mol. The van der Waals surface area contributed by atoms with Crippen molar-refractivity contribution in [2.45, 2.75) is 26.2 Å². The maximum Gasteiger partial charge on any atom is 0.251 e. The predicted octanol–water partition coefficient (Wildman–Crippen LogP) is 4.60. The largest absolute Gasteiger partial charge is 0.357 e. The SMILES string of the molecule is CC1CCN(c2cc(C(=O)NCCc3ccc(Cl)cc3Cl)ccn2)CC1. The van der Waals surface area contributed by atoms with Gasteiger partial charge >= 0.3 is 0 Å². The molecular formula is C20H23Cl2N3O. The number of carbonyl (C=O) groups excluding carboxylic acids is 1. The number of carbonyl (C=O) groups is 1. The predicted molar refractivity (Wildman–Crippen MR) is 107 cm³/mol. The van der Waals surface area contributed by atoms with Crippen LogP contribution in [-0.4, -0.2) is 30.5 Å². The van der Waals surface area contributed by atoms with Crippen molar-refractivity contribution in [2.75, 3.05) is 24.5 Å². The number of hydrogen-bond acceptors (Lipinski definition) is 3. The summed E-state index contributed by atoms with van der Waals surface area (Å²) in [6, 6.07) is 9.04. The normalized spacial score (nSPS) is 15.1. The lowest BCUT2D eigenvalue weighted by molar-refractivity contribution is 0.0954. The third kappa shape index (κ3) is 4.89. The Kier molecular flexibility index (Phi) is 6.38. The first-order valence-corrected chi connectivity index (χ1v) is 9.71. The van der Waals surface area contributed by atoms with Crippen molar-refractivity contribution in [3.63, 3.8) is 0 Å². The highest BCUT2D eigenvalue weighted by molar-refractivity contribution is 6.35. The summed E-state index contributed by atoms with van der Waals surface area (Å²) in [5, 5.41) is 4.18. The first kappa shape index (κ1) is 19.0. The monoisotopic (exact) mass is 391 g/mol. The minimum atomic E-state index is -0.0934. The van der Waals surface area contributed by atoms with Gasteiger partial charge in [-0.15, -0.1) is 0 Å². The van der Waals surface area contributed by atoms with Crippen LogP contribution in [0.5, 0.6) is 0 Å². The smallest absolute Gasteiger partial charge is 0.251 e. The zero-order valence-corrected chi connectivity index (χ0v) is 16.4. The molecule has 6 heteroatoms. The first-order chi connectivity index (χ1) is 12.5. The molecule has 0 atom stereocenters. The summed E-state index contributed by atoms with van der Waals surface area (Å²) in [4.78, 5) is 19.1. The van der Waals surface area contributed by atoms with Gasteiger partial charge in [0, 0.05) is 41.4 Å². The van der Waals surface area contributed by atoms with Crippen molar-refractivity contribution in [3.05, 3.63) is 57.7 Å². The first-order valence-electron chi connectivity index (χ1n) is 8.96. The number of anilines is 1. The second-order valence-electron chi connectivity index (χ2n) is 6.81. The summed E-state index contributed by atoms with van der Waals surface area (Å²) >= 11 is 12.1. The van der Waals surface area contributed by atoms with Crippen molar-refractivity contribution in [1.82, 2.24) is 10.3 Å². The highest BCUT2D eigenvalue weighted by atomic mass is 35.5. The minimum Gasteiger partial charge on any atom is -0.357 e. The van der Waals surface area contributed by atoms with Gasteiger partial charge in [0.2, 0.25) is 0 Å². The molecule has 1 aliphatic heterocycles. The Morgan fingerprint density at radius 3 is 2.73 bits per heavy atom. The Morgan fingerprint density at radius 2 is 2.00 bits per heavy atom. The topological polar surface area (TPSA) is 45.2 Å². The van der Waals surface area contributed by atoms with Crippen LogP contribution in [0.4, 0.5) is 5.82 Å². The van der Waals surface area contributed by atoms with Crippen LogP contribution in [0.1, 0.15) is 35.7 Å². The van der Waals surface area contributed by atoms with Crippen LogP contribution in [0.2, 0.25) is 10.0 Å². The van der Waals surface area contributed by atoms with E-state index in [9.17, 15) is 4.79 Å². The number of aromatic nitrogens is 1. The molecule has 0 bridgehead atoms. The van der Waals surface area contributed by atoms with E-state index in [1.807, 2.05) is 12.1 Å². The summed E-state index contributed by atoms with van der Waals surface area (Å²) in [6.45, 7) is 4.78. The number of rotatable bonds is 5. The van der Waals surface area contributed by atoms with Crippen molar-refractivity contribution >= 4 is 34.9 Å². The summed E-state index contributed by atoms with van der Waals surface area (Å²) in [6.07, 6.45) is 4.70. The van der Waals surface area contributed by atoms with Crippen molar-refractivity contribution in [3.8, 4) is 0 Å². The molecule has 0 saturated carbocycles. The van der Waals surface area contributed by atoms with E-state index in [-0.39, 0.29) is 5.91 Å². The molecule has 0 unspecified atom stereocenters. The number of amides is 1. The second kappa shape index (κ2) is 8.74. The number of piperidine rings is 1. The van der Waals surface area contributed by atoms with Gasteiger partial charge in [0.25, 0.3) is 5.91 Å². The lowest BCUT2D eigenvalue weighted by Crippen LogP contribution is -2.33. The Labute approximate surface area is 164 Å². The Balaban J connectivity index is 1.57. The fourth-order valence-electron chi connectivity index (χ4n) is 3.11. The van der Waals surface area contributed by atoms with Crippen LogP contribution in [0.3, 0.4) is 0 Å². The molecule has 1 aliphatic rings. The number of nitrogens with zero attached hydrogens (tertiary/aromatic N) is 2. The summed E-state index contributed by atoms with van der Waals surface area (Å²) < 4.78 is 0. The van der Waals surface area contributed by atoms with Crippen LogP contribution in [0.25, 0.3) is 0 Å². The van der Waals surface area contributed by atoms with Gasteiger partial charge in [-0.05, 0) is 55.0 Å². The number of benzene rings is 1. The molecule has 0 radical (unpaired) electrons. The molecule has 138 valence electrons. The zero-order valence-electron chi connectivity index (χ0n) is 14.8. The Bertz CT molecular complexity index is 773. The fourth-order valence-corrected chi connectivity index (χ4v) is 3.61. The summed E-state index contributed by atoms with van der Waals surface area (Å²) in [5.41, 5.74) is 1.60. The molecule has 2 aromatic rings. The Hall–Kier alpha value is -1.78. The van der Waals surface area contributed by atoms with Crippen molar-refractivity contribution in [2.24, 2.45) is 5.92 Å². The summed E-state index contributed by atoms with van der Waals surface area (Å²) in [5.74, 6) is 1.55. The molecule has 1 amide bonds. The molecule has 26 heavy (non-hydrogen) atoms. The quantitative estimate of drug-likeness (QED) is 0.809. The fraction of sp³-hybridized carbons (Fsp3) is 0.400. The maximum absolute atomic E-state index is 12.4. The molecule has 1 aromatic carbocycles. The molecule has 3 rings (SSSR count). The zero-order chi connectivity index (χ0) is 18.5. The lowest BCUT2D eigenvalue weighted by atomic mass is 9.99. The number of pyridine rings is 1. The average molecular weight is 392 g/mol. The minimum absolute atomic E-state index is 0.0934. The van der Waals surface area contributed by atoms with Crippen LogP contribution in [0.15, 0.2) is 36.5 Å². The highest BCUT2D eigenvalue weighted by Crippen LogP contribution is 2.22. The van der Waals surface area contributed by atoms with Gasteiger partial charge in [0.15, 0.2) is 0 Å². The van der Waals surface area contributed by atoms with Crippen molar-refractivity contribution in [1.29, 1.82) is 0 Å². The number of halogens is 2. The van der Waals surface area contributed by atoms with Crippen LogP contribution < -0.4 is 10.2 Å². The van der Waals surface area contributed by atoms with E-state index in [1.165, 1.54) is 12.8 Å². The van der Waals surface area contributed by atoms with E-state index in [0.717, 1.165) is 30.4 Å². The van der Waals surface area contributed by atoms with E-state index >= 15 is 0 Å². The van der Waals surface area contributed by atoms with E-state index in [2.05, 4.69) is 22.1 Å². The molecule has 1 fully saturated rings. The molecule has 0 aliphatic carbocycles. The van der Waals surface area contributed by atoms with Gasteiger partial charge in [-0.3, -0.25) is 4.79 Å². The standard InChI is InChI=1S/C20H23Cl2N3O/c1-14-6-10-25(11-7-14)19-12-16(5-8-23-19)20(26)24-9-4-15-2-3-17(21)13-18(15)22/h2-3,5,8,12-14H,4,6-7,9-11H2,1H3,(H,24,26). The van der Waals surface area contributed by atoms with Gasteiger partial charge in [0.1, 0.15) is 5.82 Å². The van der Waals surface area contributed by atoms with Crippen molar-refractivity contribution < 1.29 is 4.79 Å². The van der Waals surface area contributed by atoms with E-state index < -0.39 is 0 Å². The van der Waals surface area contributed by atoms with E-state index in [0.29, 0.717) is 28.6 Å². The van der Waals surface area contributed by atoms with Gasteiger partial charge < -0.3 is 10.2 Å². The molecule has 1 saturated heterocycles. The lowest BCUT2D eigenvalue weighted by Gasteiger charge is -2.31. The third-order valence-corrected chi connectivity index (χ3v) is 5.40. The third-order valence-electron chi connectivity index (χ3n) is 4.81. The van der Waals surface area contributed by atoms with Crippen LogP contribution >= 0.6 is 23.2 Å². The number of hydrogen-bond donors (Lipinski definition) is 1. The molecule has 1 N–H and O–H groups in total. The van der Waals surface area contributed by atoms with E-state index in [1.54, 1.807) is 24.4 Å². The molecule has 1 aromatic heterocycles.